The average molecular weight is 239 g/mol. The first-order valence-corrected chi connectivity index (χ1v) is 6.76. The summed E-state index contributed by atoms with van der Waals surface area (Å²) in [7, 11) is 0. The fourth-order valence-electron chi connectivity index (χ4n) is 1.57. The van der Waals surface area contributed by atoms with Gasteiger partial charge in [0.1, 0.15) is 5.03 Å². The highest BCUT2D eigenvalue weighted by Gasteiger charge is 2.09. The van der Waals surface area contributed by atoms with E-state index in [1.54, 1.807) is 24.2 Å². The predicted octanol–water partition coefficient (Wildman–Crippen LogP) is 2.74. The van der Waals surface area contributed by atoms with Gasteiger partial charge < -0.3 is 5.32 Å². The van der Waals surface area contributed by atoms with Gasteiger partial charge in [0.05, 0.1) is 6.20 Å². The molecular formula is C12H21N3S. The highest BCUT2D eigenvalue weighted by molar-refractivity contribution is 7.99. The zero-order valence-electron chi connectivity index (χ0n) is 10.3. The molecule has 0 aliphatic rings. The van der Waals surface area contributed by atoms with Crippen molar-refractivity contribution in [3.63, 3.8) is 0 Å². The summed E-state index contributed by atoms with van der Waals surface area (Å²) in [4.78, 5) is 8.34. The molecule has 0 saturated heterocycles. The average Bonchev–Trinajstić information content (AvgIpc) is 2.27. The smallest absolute Gasteiger partial charge is 0.115 e. The first-order chi connectivity index (χ1) is 7.72. The van der Waals surface area contributed by atoms with Crippen LogP contribution in [0.1, 0.15) is 33.6 Å². The van der Waals surface area contributed by atoms with E-state index in [1.165, 1.54) is 6.42 Å². The summed E-state index contributed by atoms with van der Waals surface area (Å²) < 4.78 is 0. The first-order valence-electron chi connectivity index (χ1n) is 5.88. The molecule has 0 fully saturated rings. The van der Waals surface area contributed by atoms with Crippen LogP contribution in [0.2, 0.25) is 0 Å². The number of nitrogens with zero attached hydrogens (tertiary/aromatic N) is 2. The molecule has 4 heteroatoms. The molecule has 16 heavy (non-hydrogen) atoms. The van der Waals surface area contributed by atoms with Gasteiger partial charge in [-0.15, -0.1) is 11.8 Å². The van der Waals surface area contributed by atoms with Crippen molar-refractivity contribution in [2.24, 2.45) is 0 Å². The van der Waals surface area contributed by atoms with E-state index in [0.717, 1.165) is 18.0 Å². The zero-order chi connectivity index (χ0) is 11.8. The number of hydrogen-bond acceptors (Lipinski definition) is 4. The minimum absolute atomic E-state index is 0.566. The van der Waals surface area contributed by atoms with Crippen molar-refractivity contribution >= 4 is 11.8 Å². The van der Waals surface area contributed by atoms with Gasteiger partial charge in [-0.25, -0.2) is 4.98 Å². The predicted molar refractivity (Wildman–Crippen MR) is 69.7 cm³/mol. The van der Waals surface area contributed by atoms with Crippen molar-refractivity contribution < 1.29 is 0 Å². The number of rotatable bonds is 7. The van der Waals surface area contributed by atoms with Crippen LogP contribution in [-0.2, 0) is 0 Å². The topological polar surface area (TPSA) is 37.8 Å². The molecule has 0 spiro atoms. The fraction of sp³-hybridized carbons (Fsp3) is 0.667. The van der Waals surface area contributed by atoms with Gasteiger partial charge in [0.2, 0.25) is 0 Å². The lowest BCUT2D eigenvalue weighted by molar-refractivity contribution is 0.513. The van der Waals surface area contributed by atoms with E-state index in [1.807, 2.05) is 6.20 Å². The Morgan fingerprint density at radius 1 is 1.38 bits per heavy atom. The Bertz CT molecular complexity index is 279. The maximum absolute atomic E-state index is 4.27. The molecule has 0 aromatic carbocycles. The van der Waals surface area contributed by atoms with Gasteiger partial charge in [0.25, 0.3) is 0 Å². The molecule has 1 N–H and O–H groups in total. The largest absolute Gasteiger partial charge is 0.314 e. The Labute approximate surface area is 102 Å². The Kier molecular flexibility index (Phi) is 6.42. The van der Waals surface area contributed by atoms with Crippen LogP contribution in [0.5, 0.6) is 0 Å². The van der Waals surface area contributed by atoms with E-state index in [2.05, 4.69) is 36.1 Å². The molecule has 0 amide bonds. The summed E-state index contributed by atoms with van der Waals surface area (Å²) >= 11 is 1.79. The second-order valence-corrected chi connectivity index (χ2v) is 5.52. The van der Waals surface area contributed by atoms with E-state index < -0.39 is 0 Å². The lowest BCUT2D eigenvalue weighted by Crippen LogP contribution is -2.29. The van der Waals surface area contributed by atoms with Crippen LogP contribution < -0.4 is 5.32 Å². The monoisotopic (exact) mass is 239 g/mol. The van der Waals surface area contributed by atoms with Crippen molar-refractivity contribution in [2.45, 2.75) is 49.9 Å². The van der Waals surface area contributed by atoms with Gasteiger partial charge in [-0.2, -0.15) is 0 Å². The minimum Gasteiger partial charge on any atom is -0.314 e. The highest BCUT2D eigenvalue weighted by Crippen LogP contribution is 2.22. The molecular weight excluding hydrogens is 218 g/mol. The third-order valence-electron chi connectivity index (χ3n) is 2.29. The molecule has 3 nitrogen and oxygen atoms in total. The maximum atomic E-state index is 4.27. The second-order valence-electron chi connectivity index (χ2n) is 4.06. The lowest BCUT2D eigenvalue weighted by atomic mass is 10.2. The molecule has 2 atom stereocenters. The SMILES string of the molecule is CCCNC(C)CC(C)Sc1cnccn1. The van der Waals surface area contributed by atoms with Crippen LogP contribution in [0.15, 0.2) is 23.6 Å². The molecule has 0 saturated carbocycles. The van der Waals surface area contributed by atoms with Crippen molar-refractivity contribution in [3.05, 3.63) is 18.6 Å². The molecule has 90 valence electrons. The van der Waals surface area contributed by atoms with E-state index in [0.29, 0.717) is 11.3 Å². The summed E-state index contributed by atoms with van der Waals surface area (Å²) in [6.07, 6.45) is 7.62. The van der Waals surface area contributed by atoms with Crippen LogP contribution in [-0.4, -0.2) is 27.8 Å². The van der Waals surface area contributed by atoms with Gasteiger partial charge >= 0.3 is 0 Å². The van der Waals surface area contributed by atoms with Gasteiger partial charge in [0, 0.05) is 23.7 Å². The standard InChI is InChI=1S/C12H21N3S/c1-4-5-14-10(2)8-11(3)16-12-9-13-6-7-15-12/h6-7,9-11,14H,4-5,8H2,1-3H3. The van der Waals surface area contributed by atoms with Crippen molar-refractivity contribution in [3.8, 4) is 0 Å². The molecule has 1 aromatic heterocycles. The lowest BCUT2D eigenvalue weighted by Gasteiger charge is -2.17. The van der Waals surface area contributed by atoms with Gasteiger partial charge in [-0.05, 0) is 26.3 Å². The van der Waals surface area contributed by atoms with Gasteiger partial charge in [-0.1, -0.05) is 13.8 Å². The van der Waals surface area contributed by atoms with Crippen LogP contribution in [0.4, 0.5) is 0 Å². The van der Waals surface area contributed by atoms with E-state index in [4.69, 9.17) is 0 Å². The highest BCUT2D eigenvalue weighted by atomic mass is 32.2. The van der Waals surface area contributed by atoms with Crippen LogP contribution in [0, 0.1) is 0 Å². The van der Waals surface area contributed by atoms with Gasteiger partial charge in [0.15, 0.2) is 0 Å². The van der Waals surface area contributed by atoms with E-state index in [-0.39, 0.29) is 0 Å². The third-order valence-corrected chi connectivity index (χ3v) is 3.34. The zero-order valence-corrected chi connectivity index (χ0v) is 11.1. The Morgan fingerprint density at radius 2 is 2.19 bits per heavy atom. The summed E-state index contributed by atoms with van der Waals surface area (Å²) in [5.41, 5.74) is 0. The van der Waals surface area contributed by atoms with Crippen LogP contribution >= 0.6 is 11.8 Å². The summed E-state index contributed by atoms with van der Waals surface area (Å²) in [6.45, 7) is 7.77. The second kappa shape index (κ2) is 7.63. The van der Waals surface area contributed by atoms with E-state index >= 15 is 0 Å². The summed E-state index contributed by atoms with van der Waals surface area (Å²) in [5, 5.41) is 5.08. The quantitative estimate of drug-likeness (QED) is 0.742. The molecule has 1 rings (SSSR count). The number of nitrogens with one attached hydrogen (secondary N) is 1. The third kappa shape index (κ3) is 5.47. The normalized spacial score (nSPS) is 14.7. The van der Waals surface area contributed by atoms with E-state index in [9.17, 15) is 0 Å². The number of aromatic nitrogens is 2. The van der Waals surface area contributed by atoms with Gasteiger partial charge in [-0.3, -0.25) is 4.98 Å². The number of thioether (sulfide) groups is 1. The van der Waals surface area contributed by atoms with Crippen LogP contribution in [0.25, 0.3) is 0 Å². The summed E-state index contributed by atoms with van der Waals surface area (Å²) in [6, 6.07) is 0.569. The fourth-order valence-corrected chi connectivity index (χ4v) is 2.61. The van der Waals surface area contributed by atoms with Crippen molar-refractivity contribution in [2.75, 3.05) is 6.54 Å². The van der Waals surface area contributed by atoms with Crippen molar-refractivity contribution in [1.82, 2.24) is 15.3 Å². The van der Waals surface area contributed by atoms with Crippen molar-refractivity contribution in [1.29, 1.82) is 0 Å². The Morgan fingerprint density at radius 3 is 2.81 bits per heavy atom. The molecule has 1 heterocycles. The first kappa shape index (κ1) is 13.5. The minimum atomic E-state index is 0.566. The maximum Gasteiger partial charge on any atom is 0.115 e. The summed E-state index contributed by atoms with van der Waals surface area (Å²) in [5.74, 6) is 0. The molecule has 0 aliphatic heterocycles. The molecule has 0 aliphatic carbocycles. The Balaban J connectivity index is 2.27. The molecule has 0 radical (unpaired) electrons. The molecule has 2 unspecified atom stereocenters. The molecule has 1 aromatic rings. The Hall–Kier alpha value is -0.610. The molecule has 0 bridgehead atoms. The number of hydrogen-bond donors (Lipinski definition) is 1. The van der Waals surface area contributed by atoms with Crippen LogP contribution in [0.3, 0.4) is 0 Å².